The van der Waals surface area contributed by atoms with Crippen molar-refractivity contribution < 1.29 is 9.59 Å². The van der Waals surface area contributed by atoms with Crippen molar-refractivity contribution >= 4 is 23.2 Å². The Bertz CT molecular complexity index is 732. The summed E-state index contributed by atoms with van der Waals surface area (Å²) in [5.74, 6) is 0.0914. The van der Waals surface area contributed by atoms with E-state index in [1.807, 2.05) is 24.4 Å². The van der Waals surface area contributed by atoms with Gasteiger partial charge in [0.1, 0.15) is 5.01 Å². The Morgan fingerprint density at radius 3 is 2.96 bits per heavy atom. The van der Waals surface area contributed by atoms with Gasteiger partial charge in [-0.25, -0.2) is 4.98 Å². The van der Waals surface area contributed by atoms with Crippen molar-refractivity contribution in [2.45, 2.75) is 26.2 Å². The minimum Gasteiger partial charge on any atom is -0.355 e. The summed E-state index contributed by atoms with van der Waals surface area (Å²) >= 11 is 1.60. The second kappa shape index (κ2) is 8.20. The first-order chi connectivity index (χ1) is 12.2. The normalized spacial score (nSPS) is 17.6. The van der Waals surface area contributed by atoms with Crippen molar-refractivity contribution in [2.24, 2.45) is 5.92 Å². The third kappa shape index (κ3) is 4.42. The average Bonchev–Trinajstić information content (AvgIpc) is 3.11. The number of rotatable bonds is 6. The first kappa shape index (κ1) is 17.5. The van der Waals surface area contributed by atoms with Crippen molar-refractivity contribution in [3.8, 4) is 10.6 Å². The molecule has 2 amide bonds. The van der Waals surface area contributed by atoms with Crippen LogP contribution in [0.2, 0.25) is 0 Å². The molecule has 2 aromatic heterocycles. The van der Waals surface area contributed by atoms with Gasteiger partial charge in [0, 0.05) is 55.8 Å². The maximum Gasteiger partial charge on any atom is 0.224 e. The van der Waals surface area contributed by atoms with Gasteiger partial charge in [0.05, 0.1) is 11.6 Å². The molecule has 0 aliphatic carbocycles. The zero-order valence-corrected chi connectivity index (χ0v) is 15.1. The Morgan fingerprint density at radius 1 is 1.40 bits per heavy atom. The summed E-state index contributed by atoms with van der Waals surface area (Å²) in [4.78, 5) is 34.4. The molecule has 3 rings (SSSR count). The number of nitrogens with one attached hydrogen (secondary N) is 1. The molecule has 0 radical (unpaired) electrons. The van der Waals surface area contributed by atoms with E-state index in [2.05, 4.69) is 15.3 Å². The molecule has 6 nitrogen and oxygen atoms in total. The summed E-state index contributed by atoms with van der Waals surface area (Å²) in [5, 5.41) is 5.98. The fourth-order valence-corrected chi connectivity index (χ4v) is 3.80. The van der Waals surface area contributed by atoms with E-state index in [4.69, 9.17) is 0 Å². The minimum absolute atomic E-state index is 0.0375. The van der Waals surface area contributed by atoms with E-state index in [0.717, 1.165) is 16.3 Å². The van der Waals surface area contributed by atoms with E-state index >= 15 is 0 Å². The number of thiazole rings is 1. The molecule has 7 heteroatoms. The van der Waals surface area contributed by atoms with Gasteiger partial charge in [-0.05, 0) is 25.5 Å². The molecule has 1 aliphatic rings. The van der Waals surface area contributed by atoms with Crippen molar-refractivity contribution in [2.75, 3.05) is 19.6 Å². The highest BCUT2D eigenvalue weighted by molar-refractivity contribution is 7.13. The fraction of sp³-hybridized carbons (Fsp3) is 0.444. The molecular formula is C18H22N4O2S. The largest absolute Gasteiger partial charge is 0.355 e. The lowest BCUT2D eigenvalue weighted by Crippen LogP contribution is -2.45. The maximum atomic E-state index is 12.3. The number of amides is 2. The number of aromatic nitrogens is 2. The van der Waals surface area contributed by atoms with Crippen LogP contribution in [-0.4, -0.2) is 46.3 Å². The fourth-order valence-electron chi connectivity index (χ4n) is 2.94. The quantitative estimate of drug-likeness (QED) is 0.858. The van der Waals surface area contributed by atoms with Crippen LogP contribution in [0, 0.1) is 5.92 Å². The number of carbonyl (C=O) groups is 2. The van der Waals surface area contributed by atoms with Gasteiger partial charge in [0.25, 0.3) is 0 Å². The maximum absolute atomic E-state index is 12.3. The van der Waals surface area contributed by atoms with E-state index < -0.39 is 0 Å². The predicted octanol–water partition coefficient (Wildman–Crippen LogP) is 2.12. The van der Waals surface area contributed by atoms with Crippen LogP contribution >= 0.6 is 11.3 Å². The van der Waals surface area contributed by atoms with Crippen molar-refractivity contribution in [1.29, 1.82) is 0 Å². The first-order valence-electron chi connectivity index (χ1n) is 8.57. The highest BCUT2D eigenvalue weighted by Gasteiger charge is 2.29. The average molecular weight is 358 g/mol. The van der Waals surface area contributed by atoms with Crippen LogP contribution in [0.3, 0.4) is 0 Å². The zero-order chi connectivity index (χ0) is 17.6. The topological polar surface area (TPSA) is 75.2 Å². The van der Waals surface area contributed by atoms with Gasteiger partial charge in [-0.3, -0.25) is 14.6 Å². The molecule has 1 fully saturated rings. The van der Waals surface area contributed by atoms with Crippen molar-refractivity contribution in [3.63, 3.8) is 0 Å². The van der Waals surface area contributed by atoms with Gasteiger partial charge < -0.3 is 10.2 Å². The molecule has 0 bridgehead atoms. The van der Waals surface area contributed by atoms with E-state index in [9.17, 15) is 9.59 Å². The molecule has 1 atom stereocenters. The van der Waals surface area contributed by atoms with E-state index in [1.165, 1.54) is 0 Å². The highest BCUT2D eigenvalue weighted by Crippen LogP contribution is 2.23. The third-order valence-electron chi connectivity index (χ3n) is 4.41. The van der Waals surface area contributed by atoms with Crippen LogP contribution in [0.5, 0.6) is 0 Å². The second-order valence-electron chi connectivity index (χ2n) is 6.09. The van der Waals surface area contributed by atoms with Crippen LogP contribution in [0.25, 0.3) is 10.6 Å². The smallest absolute Gasteiger partial charge is 0.224 e. The molecule has 2 aromatic rings. The summed E-state index contributed by atoms with van der Waals surface area (Å²) in [6, 6.07) is 3.88. The van der Waals surface area contributed by atoms with Gasteiger partial charge in [-0.15, -0.1) is 11.3 Å². The monoisotopic (exact) mass is 358 g/mol. The molecule has 3 heterocycles. The van der Waals surface area contributed by atoms with Crippen molar-refractivity contribution in [3.05, 3.63) is 35.6 Å². The molecular weight excluding hydrogens is 336 g/mol. The van der Waals surface area contributed by atoms with Gasteiger partial charge in [-0.2, -0.15) is 0 Å². The number of carbonyl (C=O) groups excluding carboxylic acids is 2. The summed E-state index contributed by atoms with van der Waals surface area (Å²) in [7, 11) is 0. The zero-order valence-electron chi connectivity index (χ0n) is 14.3. The molecule has 1 saturated heterocycles. The Morgan fingerprint density at radius 2 is 2.20 bits per heavy atom. The van der Waals surface area contributed by atoms with E-state index in [-0.39, 0.29) is 17.7 Å². The molecule has 132 valence electrons. The van der Waals surface area contributed by atoms with Gasteiger partial charge in [-0.1, -0.05) is 0 Å². The van der Waals surface area contributed by atoms with Crippen LogP contribution in [0.4, 0.5) is 0 Å². The lowest BCUT2D eigenvalue weighted by Gasteiger charge is -2.30. The highest BCUT2D eigenvalue weighted by atomic mass is 32.1. The van der Waals surface area contributed by atoms with Crippen LogP contribution in [0.1, 0.15) is 25.5 Å². The molecule has 25 heavy (non-hydrogen) atoms. The predicted molar refractivity (Wildman–Crippen MR) is 97.0 cm³/mol. The molecule has 1 N–H and O–H groups in total. The lowest BCUT2D eigenvalue weighted by atomic mass is 9.96. The minimum atomic E-state index is -0.0968. The SMILES string of the molecule is CCN1C[C@@H](C(=O)NCCc2csc(-c3ccncc3)n2)CCC1=O. The van der Waals surface area contributed by atoms with E-state index in [0.29, 0.717) is 38.9 Å². The standard InChI is InChI=1S/C18H22N4O2S/c1-2-22-11-14(3-4-16(22)23)17(24)20-10-7-15-12-25-18(21-15)13-5-8-19-9-6-13/h5-6,8-9,12,14H,2-4,7,10-11H2,1H3,(H,20,24)/t14-/m0/s1. The Labute approximate surface area is 151 Å². The molecule has 0 unspecified atom stereocenters. The Hall–Kier alpha value is -2.28. The Balaban J connectivity index is 1.47. The molecule has 0 aromatic carbocycles. The van der Waals surface area contributed by atoms with Crippen LogP contribution in [0.15, 0.2) is 29.9 Å². The number of hydrogen-bond donors (Lipinski definition) is 1. The number of likely N-dealkylation sites (tertiary alicyclic amines) is 1. The first-order valence-corrected chi connectivity index (χ1v) is 9.45. The lowest BCUT2D eigenvalue weighted by molar-refractivity contribution is -0.138. The second-order valence-corrected chi connectivity index (χ2v) is 6.95. The number of nitrogens with zero attached hydrogens (tertiary/aromatic N) is 3. The molecule has 1 aliphatic heterocycles. The third-order valence-corrected chi connectivity index (χ3v) is 5.35. The molecule has 0 spiro atoms. The van der Waals surface area contributed by atoms with Gasteiger partial charge in [0.15, 0.2) is 0 Å². The van der Waals surface area contributed by atoms with Crippen LogP contribution < -0.4 is 5.32 Å². The van der Waals surface area contributed by atoms with Gasteiger partial charge >= 0.3 is 0 Å². The summed E-state index contributed by atoms with van der Waals surface area (Å²) in [6.45, 7) is 3.71. The Kier molecular flexibility index (Phi) is 5.75. The van der Waals surface area contributed by atoms with Crippen molar-refractivity contribution in [1.82, 2.24) is 20.2 Å². The number of hydrogen-bond acceptors (Lipinski definition) is 5. The van der Waals surface area contributed by atoms with Gasteiger partial charge in [0.2, 0.25) is 11.8 Å². The summed E-state index contributed by atoms with van der Waals surface area (Å²) in [6.07, 6.45) is 5.32. The van der Waals surface area contributed by atoms with E-state index in [1.54, 1.807) is 28.6 Å². The molecule has 0 saturated carbocycles. The summed E-state index contributed by atoms with van der Waals surface area (Å²) in [5.41, 5.74) is 2.04. The summed E-state index contributed by atoms with van der Waals surface area (Å²) < 4.78 is 0. The number of piperidine rings is 1. The van der Waals surface area contributed by atoms with Crippen LogP contribution in [-0.2, 0) is 16.0 Å². The number of pyridine rings is 1.